The largest absolute Gasteiger partial charge is 0.394 e. The number of hydrogen-bond acceptors (Lipinski definition) is 6. The topological polar surface area (TPSA) is 105 Å². The molecule has 1 aliphatic rings. The van der Waals surface area contributed by atoms with Crippen molar-refractivity contribution in [3.8, 4) is 6.07 Å². The maximum absolute atomic E-state index is 12.4. The lowest BCUT2D eigenvalue weighted by Gasteiger charge is -2.37. The van der Waals surface area contributed by atoms with Gasteiger partial charge in [-0.15, -0.1) is 0 Å². The van der Waals surface area contributed by atoms with Crippen molar-refractivity contribution in [1.82, 2.24) is 0 Å². The van der Waals surface area contributed by atoms with Gasteiger partial charge in [-0.1, -0.05) is 25.1 Å². The number of aliphatic hydroxyl groups is 3. The number of piperidine rings is 1. The Morgan fingerprint density at radius 1 is 1.19 bits per heavy atom. The zero-order valence-electron chi connectivity index (χ0n) is 18.6. The van der Waals surface area contributed by atoms with E-state index in [0.717, 1.165) is 29.3 Å². The Hall–Kier alpha value is -2.72. The van der Waals surface area contributed by atoms with Crippen LogP contribution in [-0.4, -0.2) is 52.5 Å². The molecule has 1 fully saturated rings. The van der Waals surface area contributed by atoms with E-state index in [1.54, 1.807) is 6.08 Å². The minimum Gasteiger partial charge on any atom is -0.394 e. The molecule has 6 nitrogen and oxygen atoms in total. The highest BCUT2D eigenvalue weighted by atomic mass is 16.4. The third kappa shape index (κ3) is 5.74. The summed E-state index contributed by atoms with van der Waals surface area (Å²) in [7, 11) is 0. The van der Waals surface area contributed by atoms with Crippen LogP contribution >= 0.6 is 0 Å². The van der Waals surface area contributed by atoms with Gasteiger partial charge in [-0.25, -0.2) is 0 Å². The first-order valence-corrected chi connectivity index (χ1v) is 11.4. The number of rotatable bonds is 9. The monoisotopic (exact) mass is 436 g/mol. The van der Waals surface area contributed by atoms with Crippen molar-refractivity contribution >= 4 is 28.3 Å². The molecule has 32 heavy (non-hydrogen) atoms. The summed E-state index contributed by atoms with van der Waals surface area (Å²) in [6, 6.07) is 14.8. The maximum atomic E-state index is 12.4. The lowest BCUT2D eigenvalue weighted by Crippen LogP contribution is -2.39. The predicted molar refractivity (Wildman–Crippen MR) is 126 cm³/mol. The molecule has 0 saturated carbocycles. The van der Waals surface area contributed by atoms with Crippen LogP contribution in [0.15, 0.2) is 42.0 Å². The van der Waals surface area contributed by atoms with Crippen LogP contribution in [-0.2, 0) is 4.79 Å². The predicted octanol–water partition coefficient (Wildman–Crippen LogP) is 3.58. The molecule has 1 saturated heterocycles. The highest BCUT2D eigenvalue weighted by Crippen LogP contribution is 2.30. The summed E-state index contributed by atoms with van der Waals surface area (Å²) >= 11 is 0. The zero-order chi connectivity index (χ0) is 23.1. The summed E-state index contributed by atoms with van der Waals surface area (Å²) in [6.45, 7) is 2.75. The average Bonchev–Trinajstić information content (AvgIpc) is 2.84. The molecule has 3 unspecified atom stereocenters. The van der Waals surface area contributed by atoms with E-state index in [9.17, 15) is 20.3 Å². The van der Waals surface area contributed by atoms with Gasteiger partial charge < -0.3 is 20.2 Å². The summed E-state index contributed by atoms with van der Waals surface area (Å²) in [5.74, 6) is -0.400. The normalized spacial score (nSPS) is 18.9. The molecular weight excluding hydrogens is 404 g/mol. The molecule has 0 amide bonds. The molecule has 2 aromatic carbocycles. The Bertz CT molecular complexity index is 1010. The van der Waals surface area contributed by atoms with E-state index in [1.807, 2.05) is 24.3 Å². The van der Waals surface area contributed by atoms with Gasteiger partial charge >= 0.3 is 0 Å². The fourth-order valence-electron chi connectivity index (χ4n) is 4.35. The summed E-state index contributed by atoms with van der Waals surface area (Å²) in [6.07, 6.45) is 3.85. The standard InChI is InChI=1S/C26H32N2O4/c1-2-22-5-3-4-12-28(22)23-9-8-19-13-18(6-7-20(19)15-23)14-21(16-27)24(30)10-11-25(31)26(32)17-29/h6-9,13-15,22,25-26,29,31-32H,2-5,10-12,17H2,1H3/b21-14+. The molecular formula is C26H32N2O4. The van der Waals surface area contributed by atoms with Crippen molar-refractivity contribution in [3.63, 3.8) is 0 Å². The molecule has 0 aliphatic carbocycles. The Kier molecular flexibility index (Phi) is 8.40. The molecule has 1 aliphatic heterocycles. The van der Waals surface area contributed by atoms with E-state index < -0.39 is 24.6 Å². The Morgan fingerprint density at radius 2 is 1.94 bits per heavy atom. The molecule has 3 rings (SSSR count). The van der Waals surface area contributed by atoms with Crippen molar-refractivity contribution in [3.05, 3.63) is 47.5 Å². The number of benzene rings is 2. The van der Waals surface area contributed by atoms with Gasteiger partial charge in [0.05, 0.1) is 18.3 Å². The van der Waals surface area contributed by atoms with Gasteiger partial charge in [0.25, 0.3) is 0 Å². The van der Waals surface area contributed by atoms with Crippen LogP contribution in [0.2, 0.25) is 0 Å². The third-order valence-corrected chi connectivity index (χ3v) is 6.31. The molecule has 170 valence electrons. The number of fused-ring (bicyclic) bond motifs is 1. The van der Waals surface area contributed by atoms with Gasteiger partial charge in [0, 0.05) is 24.7 Å². The summed E-state index contributed by atoms with van der Waals surface area (Å²) in [5, 5.41) is 39.6. The van der Waals surface area contributed by atoms with Crippen molar-refractivity contribution < 1.29 is 20.1 Å². The molecule has 3 atom stereocenters. The van der Waals surface area contributed by atoms with Gasteiger partial charge in [-0.2, -0.15) is 5.26 Å². The van der Waals surface area contributed by atoms with Crippen LogP contribution in [0.1, 0.15) is 51.0 Å². The number of carbonyl (C=O) groups is 1. The highest BCUT2D eigenvalue weighted by molar-refractivity contribution is 6.03. The number of hydrogen-bond donors (Lipinski definition) is 3. The number of carbonyl (C=O) groups excluding carboxylic acids is 1. The summed E-state index contributed by atoms with van der Waals surface area (Å²) in [5.41, 5.74) is 2.00. The van der Waals surface area contributed by atoms with Crippen molar-refractivity contribution in [2.45, 2.75) is 63.7 Å². The second-order valence-electron chi connectivity index (χ2n) is 8.49. The van der Waals surface area contributed by atoms with E-state index in [2.05, 4.69) is 30.0 Å². The number of ketones is 1. The van der Waals surface area contributed by atoms with Gasteiger partial charge in [0.15, 0.2) is 5.78 Å². The van der Waals surface area contributed by atoms with Crippen molar-refractivity contribution in [2.24, 2.45) is 0 Å². The minimum atomic E-state index is -1.29. The van der Waals surface area contributed by atoms with Crippen molar-refractivity contribution in [2.75, 3.05) is 18.1 Å². The Balaban J connectivity index is 1.76. The van der Waals surface area contributed by atoms with Crippen LogP contribution in [0.25, 0.3) is 16.8 Å². The highest BCUT2D eigenvalue weighted by Gasteiger charge is 2.21. The van der Waals surface area contributed by atoms with E-state index >= 15 is 0 Å². The van der Waals surface area contributed by atoms with Crippen LogP contribution < -0.4 is 4.90 Å². The second kappa shape index (κ2) is 11.2. The molecule has 6 heteroatoms. The van der Waals surface area contributed by atoms with Crippen molar-refractivity contribution in [1.29, 1.82) is 5.26 Å². The summed E-state index contributed by atoms with van der Waals surface area (Å²) < 4.78 is 0. The maximum Gasteiger partial charge on any atom is 0.173 e. The zero-order valence-corrected chi connectivity index (χ0v) is 18.6. The molecule has 0 aromatic heterocycles. The number of nitrogens with zero attached hydrogens (tertiary/aromatic N) is 2. The van der Waals surface area contributed by atoms with Crippen LogP contribution in [0.5, 0.6) is 0 Å². The molecule has 1 heterocycles. The quantitative estimate of drug-likeness (QED) is 0.410. The molecule has 2 aromatic rings. The Labute approximate surface area is 189 Å². The van der Waals surface area contributed by atoms with Crippen LogP contribution in [0.4, 0.5) is 5.69 Å². The van der Waals surface area contributed by atoms with E-state index in [4.69, 9.17) is 5.11 Å². The van der Waals surface area contributed by atoms with Gasteiger partial charge in [-0.05, 0) is 72.7 Å². The summed E-state index contributed by atoms with van der Waals surface area (Å²) in [4.78, 5) is 14.9. The molecule has 3 N–H and O–H groups in total. The van der Waals surface area contributed by atoms with Gasteiger partial charge in [-0.3, -0.25) is 4.79 Å². The number of aliphatic hydroxyl groups excluding tert-OH is 3. The number of Topliss-reactive ketones (excluding diaryl/α,β-unsaturated/α-hetero) is 1. The molecule has 0 bridgehead atoms. The third-order valence-electron chi connectivity index (χ3n) is 6.31. The van der Waals surface area contributed by atoms with Gasteiger partial charge in [0.1, 0.15) is 12.2 Å². The Morgan fingerprint density at radius 3 is 2.66 bits per heavy atom. The fraction of sp³-hybridized carbons (Fsp3) is 0.462. The number of nitriles is 1. The van der Waals surface area contributed by atoms with E-state index in [1.165, 1.54) is 24.9 Å². The van der Waals surface area contributed by atoms with Crippen LogP contribution in [0.3, 0.4) is 0 Å². The average molecular weight is 437 g/mol. The lowest BCUT2D eigenvalue weighted by molar-refractivity contribution is -0.116. The molecule has 0 radical (unpaired) electrons. The van der Waals surface area contributed by atoms with E-state index in [-0.39, 0.29) is 18.4 Å². The second-order valence-corrected chi connectivity index (χ2v) is 8.49. The SMILES string of the molecule is CCC1CCCCN1c1ccc2cc(/C=C(\C#N)C(=O)CCC(O)C(O)CO)ccc2c1. The van der Waals surface area contributed by atoms with E-state index in [0.29, 0.717) is 6.04 Å². The first kappa shape index (κ1) is 23.9. The molecule has 0 spiro atoms. The lowest BCUT2D eigenvalue weighted by atomic mass is 9.97. The minimum absolute atomic E-state index is 0.00534. The van der Waals surface area contributed by atoms with Gasteiger partial charge in [0.2, 0.25) is 0 Å². The first-order chi connectivity index (χ1) is 15.5. The first-order valence-electron chi connectivity index (χ1n) is 11.4. The number of anilines is 1. The number of allylic oxidation sites excluding steroid dienone is 1. The smallest absolute Gasteiger partial charge is 0.173 e. The fourth-order valence-corrected chi connectivity index (χ4v) is 4.35. The van der Waals surface area contributed by atoms with Crippen LogP contribution in [0, 0.1) is 11.3 Å².